The number of primary sulfonamides is 1. The van der Waals surface area contributed by atoms with E-state index in [9.17, 15) is 18.0 Å². The molecule has 0 saturated heterocycles. The van der Waals surface area contributed by atoms with Crippen LogP contribution < -0.4 is 10.9 Å². The molecular formula is C19H19N2O4S+. The second-order valence-electron chi connectivity index (χ2n) is 6.19. The van der Waals surface area contributed by atoms with E-state index in [0.717, 1.165) is 24.1 Å². The lowest BCUT2D eigenvalue weighted by molar-refractivity contribution is -0.366. The van der Waals surface area contributed by atoms with Gasteiger partial charge in [-0.05, 0) is 23.3 Å². The van der Waals surface area contributed by atoms with Crippen LogP contribution in [0.2, 0.25) is 0 Å². The van der Waals surface area contributed by atoms with Crippen LogP contribution in [0.1, 0.15) is 31.8 Å². The minimum Gasteiger partial charge on any atom is -0.357 e. The van der Waals surface area contributed by atoms with E-state index < -0.39 is 15.8 Å². The van der Waals surface area contributed by atoms with Gasteiger partial charge in [0.2, 0.25) is 10.0 Å². The van der Waals surface area contributed by atoms with Crippen LogP contribution in [-0.4, -0.2) is 26.5 Å². The molecule has 0 heterocycles. The molecule has 5 N–H and O–H groups in total. The Kier molecular flexibility index (Phi) is 4.86. The standard InChI is InChI=1S/C19H18N2O4S/c20-8-7-12-3-1-4-13(9-12)10-14-11-16(22)18-15(19(14)23)5-2-6-17(18)26(21,24)25/h1-6,9,11H,7-8,10,20H2,(H2,21,24,25)/p+1. The van der Waals surface area contributed by atoms with Gasteiger partial charge in [-0.15, -0.1) is 0 Å². The summed E-state index contributed by atoms with van der Waals surface area (Å²) in [6.07, 6.45) is 2.35. The second-order valence-corrected chi connectivity index (χ2v) is 7.72. The average Bonchev–Trinajstić information content (AvgIpc) is 2.59. The number of allylic oxidation sites excluding steroid dienone is 2. The van der Waals surface area contributed by atoms with E-state index in [4.69, 9.17) is 5.14 Å². The van der Waals surface area contributed by atoms with Crippen molar-refractivity contribution in [2.24, 2.45) is 5.14 Å². The molecule has 134 valence electrons. The Morgan fingerprint density at radius 3 is 2.38 bits per heavy atom. The fourth-order valence-corrected chi connectivity index (χ4v) is 3.89. The minimum absolute atomic E-state index is 0.0768. The molecule has 0 aliphatic heterocycles. The molecule has 0 amide bonds. The van der Waals surface area contributed by atoms with E-state index in [2.05, 4.69) is 5.73 Å². The van der Waals surface area contributed by atoms with Crippen LogP contribution in [-0.2, 0) is 22.9 Å². The highest BCUT2D eigenvalue weighted by molar-refractivity contribution is 7.89. The Morgan fingerprint density at radius 1 is 1.00 bits per heavy atom. The normalized spacial score (nSPS) is 14.2. The highest BCUT2D eigenvalue weighted by Crippen LogP contribution is 2.28. The first kappa shape index (κ1) is 18.2. The Labute approximate surface area is 151 Å². The third-order valence-corrected chi connectivity index (χ3v) is 5.23. The monoisotopic (exact) mass is 371 g/mol. The number of rotatable bonds is 5. The van der Waals surface area contributed by atoms with E-state index in [1.54, 1.807) is 0 Å². The summed E-state index contributed by atoms with van der Waals surface area (Å²) in [6.45, 7) is 0.771. The highest BCUT2D eigenvalue weighted by Gasteiger charge is 2.30. The third-order valence-electron chi connectivity index (χ3n) is 4.27. The Balaban J connectivity index is 1.99. The van der Waals surface area contributed by atoms with Gasteiger partial charge in [0.15, 0.2) is 11.6 Å². The lowest BCUT2D eigenvalue weighted by Crippen LogP contribution is -2.51. The first-order valence-corrected chi connectivity index (χ1v) is 9.68. The molecule has 1 aliphatic rings. The van der Waals surface area contributed by atoms with Gasteiger partial charge in [-0.25, -0.2) is 13.6 Å². The number of ketones is 2. The van der Waals surface area contributed by atoms with Crippen LogP contribution in [0, 0.1) is 0 Å². The van der Waals surface area contributed by atoms with E-state index >= 15 is 0 Å². The lowest BCUT2D eigenvalue weighted by atomic mass is 9.86. The molecule has 7 heteroatoms. The van der Waals surface area contributed by atoms with E-state index in [1.807, 2.05) is 24.3 Å². The van der Waals surface area contributed by atoms with Gasteiger partial charge in [-0.3, -0.25) is 9.59 Å². The van der Waals surface area contributed by atoms with Crippen molar-refractivity contribution in [3.05, 3.63) is 76.4 Å². The predicted octanol–water partition coefficient (Wildman–Crippen LogP) is 0.666. The molecule has 26 heavy (non-hydrogen) atoms. The van der Waals surface area contributed by atoms with Crippen molar-refractivity contribution in [3.63, 3.8) is 0 Å². The average molecular weight is 371 g/mol. The molecule has 0 unspecified atom stereocenters. The maximum atomic E-state index is 12.8. The van der Waals surface area contributed by atoms with Crippen LogP contribution in [0.5, 0.6) is 0 Å². The molecule has 1 aliphatic carbocycles. The summed E-state index contributed by atoms with van der Waals surface area (Å²) in [7, 11) is -4.10. The topological polar surface area (TPSA) is 122 Å². The summed E-state index contributed by atoms with van der Waals surface area (Å²) < 4.78 is 23.4. The van der Waals surface area contributed by atoms with Crippen molar-refractivity contribution in [2.45, 2.75) is 17.7 Å². The maximum absolute atomic E-state index is 12.8. The van der Waals surface area contributed by atoms with Gasteiger partial charge < -0.3 is 5.73 Å². The van der Waals surface area contributed by atoms with Crippen LogP contribution >= 0.6 is 0 Å². The summed E-state index contributed by atoms with van der Waals surface area (Å²) >= 11 is 0. The zero-order valence-corrected chi connectivity index (χ0v) is 14.9. The number of benzene rings is 2. The summed E-state index contributed by atoms with van der Waals surface area (Å²) in [4.78, 5) is 25.0. The second kappa shape index (κ2) is 6.95. The maximum Gasteiger partial charge on any atom is 0.238 e. The number of hydrogen-bond donors (Lipinski definition) is 2. The summed E-state index contributed by atoms with van der Waals surface area (Å²) in [5.74, 6) is -0.874. The first-order valence-electron chi connectivity index (χ1n) is 8.13. The SMILES string of the molecule is NS(=O)(=O)c1cccc2c1C(=O)C=C(Cc1cccc(CC[NH3+])c1)C2=O. The smallest absolute Gasteiger partial charge is 0.238 e. The van der Waals surface area contributed by atoms with E-state index in [-0.39, 0.29) is 21.8 Å². The van der Waals surface area contributed by atoms with Crippen LogP contribution in [0.25, 0.3) is 0 Å². The van der Waals surface area contributed by atoms with Gasteiger partial charge in [0.25, 0.3) is 0 Å². The minimum atomic E-state index is -4.10. The van der Waals surface area contributed by atoms with Crippen LogP contribution in [0.3, 0.4) is 0 Å². The molecule has 2 aromatic carbocycles. The number of sulfonamides is 1. The fourth-order valence-electron chi connectivity index (χ4n) is 3.13. The van der Waals surface area contributed by atoms with Crippen molar-refractivity contribution in [1.82, 2.24) is 0 Å². The number of fused-ring (bicyclic) bond motifs is 1. The molecule has 0 saturated carbocycles. The van der Waals surface area contributed by atoms with Gasteiger partial charge >= 0.3 is 0 Å². The Bertz CT molecular complexity index is 1040. The fraction of sp³-hybridized carbons (Fsp3) is 0.158. The van der Waals surface area contributed by atoms with Gasteiger partial charge in [-0.2, -0.15) is 0 Å². The molecule has 6 nitrogen and oxygen atoms in total. The summed E-state index contributed by atoms with van der Waals surface area (Å²) in [5, 5.41) is 5.17. The van der Waals surface area contributed by atoms with Crippen LogP contribution in [0.4, 0.5) is 0 Å². The van der Waals surface area contributed by atoms with Crippen molar-refractivity contribution in [3.8, 4) is 0 Å². The van der Waals surface area contributed by atoms with Gasteiger partial charge in [0, 0.05) is 24.0 Å². The van der Waals surface area contributed by atoms with Crippen molar-refractivity contribution in [1.29, 1.82) is 0 Å². The number of carbonyl (C=O) groups excluding carboxylic acids is 2. The number of nitrogens with two attached hydrogens (primary N) is 1. The predicted molar refractivity (Wildman–Crippen MR) is 96.2 cm³/mol. The Hall–Kier alpha value is -2.61. The van der Waals surface area contributed by atoms with E-state index in [0.29, 0.717) is 12.0 Å². The van der Waals surface area contributed by atoms with Crippen LogP contribution in [0.15, 0.2) is 59.0 Å². The molecule has 2 aromatic rings. The number of quaternary nitrogens is 1. The molecule has 0 aromatic heterocycles. The third kappa shape index (κ3) is 3.50. The molecular weight excluding hydrogens is 352 g/mol. The lowest BCUT2D eigenvalue weighted by Gasteiger charge is -2.17. The summed E-state index contributed by atoms with van der Waals surface area (Å²) in [6, 6.07) is 11.9. The number of Topliss-reactive ketones (excluding diaryl/α,β-unsaturated/α-hetero) is 1. The van der Waals surface area contributed by atoms with Crippen molar-refractivity contribution >= 4 is 21.6 Å². The first-order chi connectivity index (χ1) is 12.3. The highest BCUT2D eigenvalue weighted by atomic mass is 32.2. The number of carbonyl (C=O) groups is 2. The molecule has 0 spiro atoms. The quantitative estimate of drug-likeness (QED) is 0.802. The molecule has 0 radical (unpaired) electrons. The zero-order chi connectivity index (χ0) is 18.9. The van der Waals surface area contributed by atoms with Crippen molar-refractivity contribution in [2.75, 3.05) is 6.54 Å². The summed E-state index contributed by atoms with van der Waals surface area (Å²) in [5.41, 5.74) is 6.13. The van der Waals surface area contributed by atoms with Gasteiger partial charge in [0.05, 0.1) is 17.0 Å². The van der Waals surface area contributed by atoms with Crippen molar-refractivity contribution < 1.29 is 23.7 Å². The molecule has 3 rings (SSSR count). The molecule has 0 fully saturated rings. The molecule has 0 bridgehead atoms. The largest absolute Gasteiger partial charge is 0.357 e. The Morgan fingerprint density at radius 2 is 1.69 bits per heavy atom. The zero-order valence-electron chi connectivity index (χ0n) is 14.1. The number of hydrogen-bond acceptors (Lipinski definition) is 4. The van der Waals surface area contributed by atoms with E-state index in [1.165, 1.54) is 24.3 Å². The van der Waals surface area contributed by atoms with Gasteiger partial charge in [0.1, 0.15) is 0 Å². The molecule has 0 atom stereocenters. The van der Waals surface area contributed by atoms with Gasteiger partial charge in [-0.1, -0.05) is 36.4 Å².